The zero-order valence-electron chi connectivity index (χ0n) is 14.1. The number of carbonyl (C=O) groups is 1. The van der Waals surface area contributed by atoms with Gasteiger partial charge in [-0.3, -0.25) is 10.1 Å². The average Bonchev–Trinajstić information content (AvgIpc) is 2.95. The van der Waals surface area contributed by atoms with E-state index >= 15 is 0 Å². The molecule has 0 aliphatic rings. The van der Waals surface area contributed by atoms with Gasteiger partial charge in [-0.15, -0.1) is 0 Å². The third-order valence-corrected chi connectivity index (χ3v) is 4.64. The van der Waals surface area contributed by atoms with E-state index < -0.39 is 0 Å². The molecule has 0 radical (unpaired) electrons. The number of hydrogen-bond donors (Lipinski definition) is 2. The third-order valence-electron chi connectivity index (χ3n) is 3.27. The number of rotatable bonds is 4. The smallest absolute Gasteiger partial charge is 0.257 e. The monoisotopic (exact) mass is 405 g/mol. The largest absolute Gasteiger partial charge is 0.491 e. The summed E-state index contributed by atoms with van der Waals surface area (Å²) >= 11 is 12.6. The maximum atomic E-state index is 12.4. The van der Waals surface area contributed by atoms with Crippen LogP contribution < -0.4 is 15.4 Å². The maximum absolute atomic E-state index is 12.4. The van der Waals surface area contributed by atoms with Gasteiger partial charge in [-0.2, -0.15) is 0 Å². The van der Waals surface area contributed by atoms with Gasteiger partial charge >= 0.3 is 0 Å². The minimum absolute atomic E-state index is 0.0311. The number of nitrogens with one attached hydrogen (secondary N) is 2. The minimum Gasteiger partial charge on any atom is -0.491 e. The number of fused-ring (bicyclic) bond motifs is 1. The van der Waals surface area contributed by atoms with E-state index in [2.05, 4.69) is 15.6 Å². The van der Waals surface area contributed by atoms with Crippen LogP contribution in [0.5, 0.6) is 5.75 Å². The van der Waals surface area contributed by atoms with Crippen LogP contribution in [0, 0.1) is 0 Å². The maximum Gasteiger partial charge on any atom is 0.257 e. The van der Waals surface area contributed by atoms with Crippen LogP contribution in [0.4, 0.5) is 5.13 Å². The van der Waals surface area contributed by atoms with Crippen LogP contribution in [0.2, 0.25) is 5.02 Å². The molecule has 0 saturated carbocycles. The summed E-state index contributed by atoms with van der Waals surface area (Å²) in [5.41, 5.74) is 1.28. The van der Waals surface area contributed by atoms with Crippen molar-refractivity contribution in [2.75, 3.05) is 5.32 Å². The molecule has 2 N–H and O–H groups in total. The van der Waals surface area contributed by atoms with Gasteiger partial charge in [-0.05, 0) is 62.5 Å². The van der Waals surface area contributed by atoms with Crippen molar-refractivity contribution < 1.29 is 9.53 Å². The molecule has 0 unspecified atom stereocenters. The van der Waals surface area contributed by atoms with Crippen LogP contribution >= 0.6 is 35.2 Å². The van der Waals surface area contributed by atoms with Crippen LogP contribution in [-0.2, 0) is 0 Å². The number of amides is 1. The zero-order valence-corrected chi connectivity index (χ0v) is 16.5. The summed E-state index contributed by atoms with van der Waals surface area (Å²) in [4.78, 5) is 16.8. The molecule has 0 bridgehead atoms. The number of nitrogens with zero attached hydrogens (tertiary/aromatic N) is 1. The van der Waals surface area contributed by atoms with E-state index in [0.717, 1.165) is 10.2 Å². The molecule has 8 heteroatoms. The fraction of sp³-hybridized carbons (Fsp3) is 0.167. The highest BCUT2D eigenvalue weighted by Crippen LogP contribution is 2.28. The number of ether oxygens (including phenoxy) is 1. The molecule has 26 heavy (non-hydrogen) atoms. The highest BCUT2D eigenvalue weighted by Gasteiger charge is 2.11. The number of anilines is 1. The van der Waals surface area contributed by atoms with Crippen molar-refractivity contribution in [3.05, 3.63) is 53.1 Å². The molecule has 0 spiro atoms. The molecule has 0 fully saturated rings. The standard InChI is InChI=1S/C18H16ClN3O2S2/c1-10(2)24-13-5-3-4-11(8-13)16(23)21-17(25)22-18-20-14-7-6-12(19)9-15(14)26-18/h3-10H,1-2H3,(H2,20,21,22,23,25). The number of hydrogen-bond acceptors (Lipinski definition) is 5. The quantitative estimate of drug-likeness (QED) is 0.606. The predicted octanol–water partition coefficient (Wildman–Crippen LogP) is 4.86. The van der Waals surface area contributed by atoms with E-state index in [4.69, 9.17) is 28.6 Å². The van der Waals surface area contributed by atoms with Gasteiger partial charge < -0.3 is 10.1 Å². The lowest BCUT2D eigenvalue weighted by Crippen LogP contribution is -2.34. The minimum atomic E-state index is -0.319. The fourth-order valence-corrected chi connectivity index (χ4v) is 3.64. The van der Waals surface area contributed by atoms with Gasteiger partial charge in [0, 0.05) is 10.6 Å². The van der Waals surface area contributed by atoms with Crippen LogP contribution in [0.1, 0.15) is 24.2 Å². The lowest BCUT2D eigenvalue weighted by Gasteiger charge is -2.11. The highest BCUT2D eigenvalue weighted by molar-refractivity contribution is 7.80. The van der Waals surface area contributed by atoms with Gasteiger partial charge in [0.1, 0.15) is 5.75 Å². The Kier molecular flexibility index (Phi) is 5.70. The molecule has 2 aromatic carbocycles. The Labute approximate surface area is 165 Å². The molecule has 0 aliphatic carbocycles. The summed E-state index contributed by atoms with van der Waals surface area (Å²) in [6.07, 6.45) is 0.0311. The molecule has 1 aromatic heterocycles. The van der Waals surface area contributed by atoms with Gasteiger partial charge in [-0.25, -0.2) is 4.98 Å². The molecular weight excluding hydrogens is 390 g/mol. The Morgan fingerprint density at radius 2 is 2.08 bits per heavy atom. The Hall–Kier alpha value is -2.22. The van der Waals surface area contributed by atoms with Crippen molar-refractivity contribution in [2.45, 2.75) is 20.0 Å². The summed E-state index contributed by atoms with van der Waals surface area (Å²) in [6, 6.07) is 12.4. The summed E-state index contributed by atoms with van der Waals surface area (Å²) in [7, 11) is 0. The number of thiazole rings is 1. The molecule has 1 heterocycles. The molecule has 1 amide bonds. The number of thiocarbonyl (C=S) groups is 1. The van der Waals surface area contributed by atoms with E-state index in [1.807, 2.05) is 26.0 Å². The Balaban J connectivity index is 1.66. The number of carbonyl (C=O) groups excluding carboxylic acids is 1. The number of benzene rings is 2. The van der Waals surface area contributed by atoms with Crippen molar-refractivity contribution in [2.24, 2.45) is 0 Å². The summed E-state index contributed by atoms with van der Waals surface area (Å²) in [6.45, 7) is 3.86. The van der Waals surface area contributed by atoms with E-state index in [0.29, 0.717) is 21.5 Å². The first-order valence-electron chi connectivity index (χ1n) is 7.86. The van der Waals surface area contributed by atoms with Crippen molar-refractivity contribution in [1.82, 2.24) is 10.3 Å². The Morgan fingerprint density at radius 3 is 2.85 bits per heavy atom. The first kappa shape index (κ1) is 18.6. The Bertz CT molecular complexity index is 972. The molecule has 3 aromatic rings. The van der Waals surface area contributed by atoms with Gasteiger partial charge in [0.2, 0.25) is 0 Å². The average molecular weight is 406 g/mol. The first-order valence-corrected chi connectivity index (χ1v) is 9.46. The third kappa shape index (κ3) is 4.69. The van der Waals surface area contributed by atoms with Crippen LogP contribution in [0.25, 0.3) is 10.2 Å². The molecule has 0 atom stereocenters. The number of aromatic nitrogens is 1. The van der Waals surface area contributed by atoms with E-state index in [-0.39, 0.29) is 17.1 Å². The van der Waals surface area contributed by atoms with Crippen LogP contribution in [-0.4, -0.2) is 22.1 Å². The lowest BCUT2D eigenvalue weighted by molar-refractivity contribution is 0.0977. The van der Waals surface area contributed by atoms with Crippen LogP contribution in [0.3, 0.4) is 0 Å². The normalized spacial score (nSPS) is 10.8. The van der Waals surface area contributed by atoms with Crippen molar-refractivity contribution in [1.29, 1.82) is 0 Å². The number of halogens is 1. The zero-order chi connectivity index (χ0) is 18.7. The van der Waals surface area contributed by atoms with Crippen molar-refractivity contribution >= 4 is 61.5 Å². The summed E-state index contributed by atoms with van der Waals surface area (Å²) < 4.78 is 6.54. The molecule has 134 valence electrons. The van der Waals surface area contributed by atoms with Crippen LogP contribution in [0.15, 0.2) is 42.5 Å². The molecule has 0 saturated heterocycles. The second-order valence-corrected chi connectivity index (χ2v) is 7.61. The topological polar surface area (TPSA) is 63.2 Å². The predicted molar refractivity (Wildman–Crippen MR) is 111 cm³/mol. The molecule has 5 nitrogen and oxygen atoms in total. The molecule has 0 aliphatic heterocycles. The SMILES string of the molecule is CC(C)Oc1cccc(C(=O)NC(=S)Nc2nc3ccc(Cl)cc3s2)c1. The van der Waals surface area contributed by atoms with E-state index in [9.17, 15) is 4.79 Å². The lowest BCUT2D eigenvalue weighted by atomic mass is 10.2. The van der Waals surface area contributed by atoms with Crippen molar-refractivity contribution in [3.63, 3.8) is 0 Å². The van der Waals surface area contributed by atoms with Gasteiger partial charge in [0.05, 0.1) is 16.3 Å². The highest BCUT2D eigenvalue weighted by atomic mass is 35.5. The molecule has 3 rings (SSSR count). The second-order valence-electron chi connectivity index (χ2n) is 5.73. The second kappa shape index (κ2) is 7.99. The summed E-state index contributed by atoms with van der Waals surface area (Å²) in [5.74, 6) is 0.315. The molecular formula is C18H16ClN3O2S2. The van der Waals surface area contributed by atoms with E-state index in [1.54, 1.807) is 30.3 Å². The van der Waals surface area contributed by atoms with Gasteiger partial charge in [-0.1, -0.05) is 29.0 Å². The fourth-order valence-electron chi connectivity index (χ4n) is 2.24. The summed E-state index contributed by atoms with van der Waals surface area (Å²) in [5, 5.41) is 6.99. The Morgan fingerprint density at radius 1 is 1.27 bits per heavy atom. The van der Waals surface area contributed by atoms with Gasteiger partial charge in [0.15, 0.2) is 10.2 Å². The van der Waals surface area contributed by atoms with Gasteiger partial charge in [0.25, 0.3) is 5.91 Å². The van der Waals surface area contributed by atoms with E-state index in [1.165, 1.54) is 11.3 Å². The van der Waals surface area contributed by atoms with Crippen molar-refractivity contribution in [3.8, 4) is 5.75 Å². The first-order chi connectivity index (χ1) is 12.4.